The average molecular weight is 325 g/mol. The van der Waals surface area contributed by atoms with Crippen molar-refractivity contribution in [2.45, 2.75) is 30.7 Å². The molecule has 1 fully saturated rings. The summed E-state index contributed by atoms with van der Waals surface area (Å²) < 4.78 is 26.9. The normalized spacial score (nSPS) is 19.2. The van der Waals surface area contributed by atoms with Gasteiger partial charge >= 0.3 is 0 Å². The van der Waals surface area contributed by atoms with Crippen molar-refractivity contribution >= 4 is 34.0 Å². The first-order valence-electron chi connectivity index (χ1n) is 5.98. The third-order valence-electron chi connectivity index (χ3n) is 3.06. The molecule has 1 saturated heterocycles. The third-order valence-corrected chi connectivity index (χ3v) is 4.96. The van der Waals surface area contributed by atoms with Gasteiger partial charge in [0.05, 0.1) is 5.02 Å². The minimum Gasteiger partial charge on any atom is -0.313 e. The van der Waals surface area contributed by atoms with Crippen molar-refractivity contribution in [3.05, 3.63) is 28.8 Å². The van der Waals surface area contributed by atoms with Crippen molar-refractivity contribution in [2.24, 2.45) is 0 Å². The van der Waals surface area contributed by atoms with E-state index in [1.165, 1.54) is 0 Å². The number of rotatable bonds is 4. The second kappa shape index (κ2) is 6.90. The second-order valence-corrected chi connectivity index (χ2v) is 6.72. The van der Waals surface area contributed by atoms with E-state index < -0.39 is 10.0 Å². The number of benzene rings is 1. The van der Waals surface area contributed by atoms with Crippen molar-refractivity contribution in [3.63, 3.8) is 0 Å². The van der Waals surface area contributed by atoms with Crippen LogP contribution >= 0.6 is 24.0 Å². The monoisotopic (exact) mass is 324 g/mol. The molecule has 19 heavy (non-hydrogen) atoms. The standard InChI is InChI=1S/C12H17ClN2O2S.ClH/c1-9-4-5-11(13)12(7-9)18(16,17)15-8-10-3-2-6-14-10;/h4-5,7,10,14-15H,2-3,6,8H2,1H3;1H. The molecule has 1 aromatic carbocycles. The van der Waals surface area contributed by atoms with Gasteiger partial charge in [0.25, 0.3) is 0 Å². The molecule has 1 atom stereocenters. The van der Waals surface area contributed by atoms with Gasteiger partial charge in [-0.3, -0.25) is 0 Å². The van der Waals surface area contributed by atoms with Gasteiger partial charge in [-0.1, -0.05) is 17.7 Å². The van der Waals surface area contributed by atoms with Gasteiger partial charge in [0.2, 0.25) is 10.0 Å². The largest absolute Gasteiger partial charge is 0.313 e. The molecule has 4 nitrogen and oxygen atoms in total. The first-order chi connectivity index (χ1) is 8.49. The fourth-order valence-electron chi connectivity index (χ4n) is 2.04. The van der Waals surface area contributed by atoms with Crippen LogP contribution in [-0.4, -0.2) is 27.5 Å². The van der Waals surface area contributed by atoms with E-state index in [0.29, 0.717) is 6.54 Å². The van der Waals surface area contributed by atoms with Crippen LogP contribution in [0.25, 0.3) is 0 Å². The van der Waals surface area contributed by atoms with Crippen LogP contribution in [0, 0.1) is 6.92 Å². The van der Waals surface area contributed by atoms with E-state index in [1.807, 2.05) is 6.92 Å². The second-order valence-electron chi connectivity index (χ2n) is 4.58. The Morgan fingerprint density at radius 2 is 2.21 bits per heavy atom. The maximum atomic E-state index is 12.1. The zero-order valence-electron chi connectivity index (χ0n) is 10.6. The van der Waals surface area contributed by atoms with E-state index in [4.69, 9.17) is 11.6 Å². The fourth-order valence-corrected chi connectivity index (χ4v) is 3.70. The van der Waals surface area contributed by atoms with E-state index in [2.05, 4.69) is 10.0 Å². The number of hydrogen-bond acceptors (Lipinski definition) is 3. The molecule has 0 spiro atoms. The topological polar surface area (TPSA) is 58.2 Å². The zero-order valence-corrected chi connectivity index (χ0v) is 13.0. The van der Waals surface area contributed by atoms with E-state index in [0.717, 1.165) is 24.9 Å². The van der Waals surface area contributed by atoms with Crippen molar-refractivity contribution in [2.75, 3.05) is 13.1 Å². The third kappa shape index (κ3) is 4.33. The number of nitrogens with one attached hydrogen (secondary N) is 2. The molecular weight excluding hydrogens is 307 g/mol. The molecule has 0 aromatic heterocycles. The van der Waals surface area contributed by atoms with Gasteiger partial charge in [0.15, 0.2) is 0 Å². The lowest BCUT2D eigenvalue weighted by Gasteiger charge is -2.13. The quantitative estimate of drug-likeness (QED) is 0.891. The molecule has 1 aliphatic heterocycles. The molecule has 1 aromatic rings. The van der Waals surface area contributed by atoms with E-state index in [-0.39, 0.29) is 28.4 Å². The highest BCUT2D eigenvalue weighted by Gasteiger charge is 2.21. The minimum atomic E-state index is -3.52. The maximum Gasteiger partial charge on any atom is 0.242 e. The molecule has 1 aliphatic rings. The summed E-state index contributed by atoms with van der Waals surface area (Å²) in [7, 11) is -3.52. The fraction of sp³-hybridized carbons (Fsp3) is 0.500. The molecule has 2 N–H and O–H groups in total. The molecule has 0 amide bonds. The van der Waals surface area contributed by atoms with Gasteiger partial charge < -0.3 is 5.32 Å². The van der Waals surface area contributed by atoms with Crippen LogP contribution in [0.1, 0.15) is 18.4 Å². The Balaban J connectivity index is 0.00000180. The SMILES string of the molecule is Cc1ccc(Cl)c(S(=O)(=O)NCC2CCCN2)c1.Cl. The summed E-state index contributed by atoms with van der Waals surface area (Å²) in [6.07, 6.45) is 2.10. The van der Waals surface area contributed by atoms with Crippen molar-refractivity contribution < 1.29 is 8.42 Å². The lowest BCUT2D eigenvalue weighted by atomic mass is 10.2. The number of halogens is 2. The van der Waals surface area contributed by atoms with Crippen molar-refractivity contribution in [1.29, 1.82) is 0 Å². The van der Waals surface area contributed by atoms with Gasteiger partial charge in [-0.15, -0.1) is 12.4 Å². The Morgan fingerprint density at radius 1 is 1.47 bits per heavy atom. The molecule has 0 bridgehead atoms. The van der Waals surface area contributed by atoms with Crippen LogP contribution in [0.4, 0.5) is 0 Å². The lowest BCUT2D eigenvalue weighted by molar-refractivity contribution is 0.552. The zero-order chi connectivity index (χ0) is 13.2. The lowest BCUT2D eigenvalue weighted by Crippen LogP contribution is -2.37. The molecular formula is C12H18Cl2N2O2S. The van der Waals surface area contributed by atoms with Crippen LogP contribution in [0.15, 0.2) is 23.1 Å². The van der Waals surface area contributed by atoms with Gasteiger partial charge in [-0.05, 0) is 44.0 Å². The van der Waals surface area contributed by atoms with E-state index in [1.54, 1.807) is 18.2 Å². The molecule has 0 saturated carbocycles. The summed E-state index contributed by atoms with van der Waals surface area (Å²) in [5.41, 5.74) is 0.874. The van der Waals surface area contributed by atoms with Crippen LogP contribution in [-0.2, 0) is 10.0 Å². The molecule has 1 heterocycles. The summed E-state index contributed by atoms with van der Waals surface area (Å²) in [5, 5.41) is 3.50. The van der Waals surface area contributed by atoms with Crippen LogP contribution in [0.2, 0.25) is 5.02 Å². The Bertz CT molecular complexity index is 529. The Hall–Kier alpha value is -0.330. The number of hydrogen-bond donors (Lipinski definition) is 2. The summed E-state index contributed by atoms with van der Waals surface area (Å²) in [4.78, 5) is 0.155. The van der Waals surface area contributed by atoms with Gasteiger partial charge in [-0.25, -0.2) is 13.1 Å². The predicted octanol–water partition coefficient (Wildman–Crippen LogP) is 2.10. The molecule has 7 heteroatoms. The smallest absolute Gasteiger partial charge is 0.242 e. The van der Waals surface area contributed by atoms with Crippen molar-refractivity contribution in [3.8, 4) is 0 Å². The molecule has 0 radical (unpaired) electrons. The molecule has 108 valence electrons. The maximum absolute atomic E-state index is 12.1. The first-order valence-corrected chi connectivity index (χ1v) is 7.84. The van der Waals surface area contributed by atoms with Crippen LogP contribution in [0.3, 0.4) is 0 Å². The van der Waals surface area contributed by atoms with Crippen LogP contribution in [0.5, 0.6) is 0 Å². The van der Waals surface area contributed by atoms with Gasteiger partial charge in [-0.2, -0.15) is 0 Å². The summed E-state index contributed by atoms with van der Waals surface area (Å²) in [6, 6.07) is 5.22. The molecule has 0 aliphatic carbocycles. The highest BCUT2D eigenvalue weighted by molar-refractivity contribution is 7.89. The minimum absolute atomic E-state index is 0. The van der Waals surface area contributed by atoms with Crippen molar-refractivity contribution in [1.82, 2.24) is 10.0 Å². The van der Waals surface area contributed by atoms with E-state index >= 15 is 0 Å². The summed E-state index contributed by atoms with van der Waals surface area (Å²) in [5.74, 6) is 0. The molecule has 2 rings (SSSR count). The van der Waals surface area contributed by atoms with Gasteiger partial charge in [0, 0.05) is 12.6 Å². The number of aryl methyl sites for hydroxylation is 1. The molecule has 1 unspecified atom stereocenters. The Morgan fingerprint density at radius 3 is 2.84 bits per heavy atom. The van der Waals surface area contributed by atoms with Gasteiger partial charge in [0.1, 0.15) is 4.90 Å². The number of sulfonamides is 1. The highest BCUT2D eigenvalue weighted by Crippen LogP contribution is 2.22. The Labute approximate surface area is 125 Å². The van der Waals surface area contributed by atoms with E-state index in [9.17, 15) is 8.42 Å². The van der Waals surface area contributed by atoms with Crippen LogP contribution < -0.4 is 10.0 Å². The highest BCUT2D eigenvalue weighted by atomic mass is 35.5. The first kappa shape index (κ1) is 16.7. The summed E-state index contributed by atoms with van der Waals surface area (Å²) >= 11 is 5.94. The summed E-state index contributed by atoms with van der Waals surface area (Å²) in [6.45, 7) is 3.21. The Kier molecular flexibility index (Phi) is 6.08. The average Bonchev–Trinajstić information content (AvgIpc) is 2.83. The predicted molar refractivity (Wildman–Crippen MR) is 79.7 cm³/mol.